The van der Waals surface area contributed by atoms with E-state index in [1.54, 1.807) is 6.08 Å². The lowest BCUT2D eigenvalue weighted by Crippen LogP contribution is -2.34. The van der Waals surface area contributed by atoms with Crippen molar-refractivity contribution in [1.82, 2.24) is 0 Å². The third-order valence-corrected chi connectivity index (χ3v) is 4.11. The van der Waals surface area contributed by atoms with Gasteiger partial charge < -0.3 is 10.2 Å². The van der Waals surface area contributed by atoms with Crippen LogP contribution in [0.5, 0.6) is 0 Å². The molecule has 0 aliphatic heterocycles. The quantitative estimate of drug-likeness (QED) is 0.528. The smallest absolute Gasteiger partial charge is 0.211 e. The van der Waals surface area contributed by atoms with Crippen LogP contribution in [0.1, 0.15) is 26.2 Å². The van der Waals surface area contributed by atoms with Crippen molar-refractivity contribution in [3.8, 4) is 0 Å². The average Bonchev–Trinajstić information content (AvgIpc) is 2.15. The SMILES string of the molecule is C=CC[C@@H](C[C@@H](O)CCO)[C@H](C)S(N)(=O)=O. The van der Waals surface area contributed by atoms with Gasteiger partial charge >= 0.3 is 0 Å². The second kappa shape index (κ2) is 7.01. The van der Waals surface area contributed by atoms with Crippen LogP contribution in [0.25, 0.3) is 0 Å². The van der Waals surface area contributed by atoms with Gasteiger partial charge in [0.15, 0.2) is 0 Å². The van der Waals surface area contributed by atoms with E-state index in [9.17, 15) is 13.5 Å². The summed E-state index contributed by atoms with van der Waals surface area (Å²) in [7, 11) is -3.61. The van der Waals surface area contributed by atoms with Gasteiger partial charge in [0.25, 0.3) is 0 Å². The maximum atomic E-state index is 11.2. The zero-order chi connectivity index (χ0) is 12.8. The molecule has 16 heavy (non-hydrogen) atoms. The van der Waals surface area contributed by atoms with Crippen molar-refractivity contribution in [1.29, 1.82) is 0 Å². The van der Waals surface area contributed by atoms with Gasteiger partial charge in [0, 0.05) is 6.61 Å². The third-order valence-electron chi connectivity index (χ3n) is 2.69. The molecule has 0 aliphatic rings. The molecule has 0 aliphatic carbocycles. The first kappa shape index (κ1) is 15.6. The first-order valence-electron chi connectivity index (χ1n) is 5.24. The van der Waals surface area contributed by atoms with Crippen LogP contribution in [0.4, 0.5) is 0 Å². The first-order chi connectivity index (χ1) is 7.32. The topological polar surface area (TPSA) is 101 Å². The number of aliphatic hydroxyl groups is 2. The van der Waals surface area contributed by atoms with Crippen LogP contribution in [0.2, 0.25) is 0 Å². The Labute approximate surface area is 97.0 Å². The summed E-state index contributed by atoms with van der Waals surface area (Å²) in [5.41, 5.74) is 0. The lowest BCUT2D eigenvalue weighted by Gasteiger charge is -2.23. The van der Waals surface area contributed by atoms with Crippen LogP contribution in [0.15, 0.2) is 12.7 Å². The highest BCUT2D eigenvalue weighted by Crippen LogP contribution is 2.21. The molecule has 0 spiro atoms. The largest absolute Gasteiger partial charge is 0.396 e. The summed E-state index contributed by atoms with van der Waals surface area (Å²) in [4.78, 5) is 0. The molecule has 5 nitrogen and oxygen atoms in total. The summed E-state index contributed by atoms with van der Waals surface area (Å²) in [5.74, 6) is -0.269. The van der Waals surface area contributed by atoms with E-state index >= 15 is 0 Å². The molecule has 0 fully saturated rings. The number of primary sulfonamides is 1. The van der Waals surface area contributed by atoms with Crippen molar-refractivity contribution in [3.05, 3.63) is 12.7 Å². The van der Waals surface area contributed by atoms with Gasteiger partial charge in [-0.3, -0.25) is 0 Å². The highest BCUT2D eigenvalue weighted by molar-refractivity contribution is 7.89. The van der Waals surface area contributed by atoms with Crippen molar-refractivity contribution in [2.75, 3.05) is 6.61 Å². The second-order valence-corrected chi connectivity index (χ2v) is 5.90. The van der Waals surface area contributed by atoms with Gasteiger partial charge in [-0.1, -0.05) is 6.08 Å². The number of sulfonamides is 1. The number of nitrogens with two attached hydrogens (primary N) is 1. The highest BCUT2D eigenvalue weighted by atomic mass is 32.2. The standard InChI is InChI=1S/C10H21NO4S/c1-3-4-9(7-10(13)5-6-12)8(2)16(11,14)15/h3,8-10,12-13H,1,4-7H2,2H3,(H2,11,14,15)/t8-,9-,10-/m0/s1. The fraction of sp³-hybridized carbons (Fsp3) is 0.800. The molecular weight excluding hydrogens is 230 g/mol. The molecular formula is C10H21NO4S. The molecule has 0 aromatic carbocycles. The van der Waals surface area contributed by atoms with E-state index in [1.807, 2.05) is 0 Å². The Morgan fingerprint density at radius 3 is 2.44 bits per heavy atom. The van der Waals surface area contributed by atoms with Gasteiger partial charge in [-0.2, -0.15) is 0 Å². The molecule has 6 heteroatoms. The number of aliphatic hydroxyl groups excluding tert-OH is 2. The third kappa shape index (κ3) is 5.60. The van der Waals surface area contributed by atoms with Crippen molar-refractivity contribution in [2.45, 2.75) is 37.5 Å². The van der Waals surface area contributed by atoms with Crippen LogP contribution < -0.4 is 5.14 Å². The predicted octanol–water partition coefficient (Wildman–Crippen LogP) is -0.0109. The maximum absolute atomic E-state index is 11.2. The van der Waals surface area contributed by atoms with Crippen LogP contribution in [0, 0.1) is 5.92 Å². The van der Waals surface area contributed by atoms with Crippen LogP contribution in [-0.2, 0) is 10.0 Å². The molecule has 0 aromatic heterocycles. The van der Waals surface area contributed by atoms with Gasteiger partial charge in [0.2, 0.25) is 10.0 Å². The molecule has 0 bridgehead atoms. The first-order valence-corrected chi connectivity index (χ1v) is 6.85. The summed E-state index contributed by atoms with van der Waals surface area (Å²) in [6, 6.07) is 0. The van der Waals surface area contributed by atoms with E-state index in [0.29, 0.717) is 12.8 Å². The summed E-state index contributed by atoms with van der Waals surface area (Å²) < 4.78 is 22.4. The monoisotopic (exact) mass is 251 g/mol. The van der Waals surface area contributed by atoms with Gasteiger partial charge in [-0.15, -0.1) is 6.58 Å². The Hall–Kier alpha value is -0.430. The highest BCUT2D eigenvalue weighted by Gasteiger charge is 2.27. The van der Waals surface area contributed by atoms with Crippen LogP contribution >= 0.6 is 0 Å². The zero-order valence-electron chi connectivity index (χ0n) is 9.54. The average molecular weight is 251 g/mol. The molecule has 0 saturated heterocycles. The molecule has 0 rings (SSSR count). The van der Waals surface area contributed by atoms with Crippen molar-refractivity contribution in [2.24, 2.45) is 11.1 Å². The number of allylic oxidation sites excluding steroid dienone is 1. The number of hydrogen-bond donors (Lipinski definition) is 3. The minimum absolute atomic E-state index is 0.119. The van der Waals surface area contributed by atoms with E-state index in [1.165, 1.54) is 6.92 Å². The van der Waals surface area contributed by atoms with Crippen LogP contribution in [-0.4, -0.2) is 36.6 Å². The summed E-state index contributed by atoms with van der Waals surface area (Å²) >= 11 is 0. The molecule has 0 saturated carbocycles. The Morgan fingerprint density at radius 1 is 1.50 bits per heavy atom. The molecule has 3 atom stereocenters. The van der Waals surface area contributed by atoms with Gasteiger partial charge in [0.1, 0.15) is 0 Å². The summed E-state index contributed by atoms with van der Waals surface area (Å²) in [6.45, 7) is 4.96. The van der Waals surface area contributed by atoms with Crippen molar-refractivity contribution >= 4 is 10.0 Å². The maximum Gasteiger partial charge on any atom is 0.211 e. The Morgan fingerprint density at radius 2 is 2.06 bits per heavy atom. The zero-order valence-corrected chi connectivity index (χ0v) is 10.4. The van der Waals surface area contributed by atoms with Gasteiger partial charge in [-0.25, -0.2) is 13.6 Å². The van der Waals surface area contributed by atoms with E-state index in [0.717, 1.165) is 0 Å². The number of rotatable bonds is 8. The molecule has 4 N–H and O–H groups in total. The summed E-state index contributed by atoms with van der Waals surface area (Å²) in [6.07, 6.45) is 1.91. The molecule has 96 valence electrons. The Balaban J connectivity index is 4.54. The Bertz CT molecular complexity index is 302. The molecule has 0 amide bonds. The van der Waals surface area contributed by atoms with E-state index < -0.39 is 21.4 Å². The van der Waals surface area contributed by atoms with Gasteiger partial charge in [0.05, 0.1) is 11.4 Å². The van der Waals surface area contributed by atoms with Crippen LogP contribution in [0.3, 0.4) is 0 Å². The minimum Gasteiger partial charge on any atom is -0.396 e. The fourth-order valence-corrected chi connectivity index (χ4v) is 2.34. The van der Waals surface area contributed by atoms with Gasteiger partial charge in [-0.05, 0) is 32.1 Å². The van der Waals surface area contributed by atoms with Crippen molar-refractivity contribution < 1.29 is 18.6 Å². The second-order valence-electron chi connectivity index (χ2n) is 3.98. The molecule has 0 heterocycles. The predicted molar refractivity (Wildman–Crippen MR) is 63.2 cm³/mol. The van der Waals surface area contributed by atoms with E-state index in [2.05, 4.69) is 6.58 Å². The molecule has 0 radical (unpaired) electrons. The van der Waals surface area contributed by atoms with Crippen molar-refractivity contribution in [3.63, 3.8) is 0 Å². The lowest BCUT2D eigenvalue weighted by molar-refractivity contribution is 0.108. The minimum atomic E-state index is -3.61. The van der Waals surface area contributed by atoms with E-state index in [-0.39, 0.29) is 18.9 Å². The summed E-state index contributed by atoms with van der Waals surface area (Å²) in [5, 5.41) is 22.5. The Kier molecular flexibility index (Phi) is 6.82. The number of hydrogen-bond acceptors (Lipinski definition) is 4. The normalized spacial score (nSPS) is 17.8. The molecule has 0 aromatic rings. The molecule has 0 unspecified atom stereocenters. The lowest BCUT2D eigenvalue weighted by atomic mass is 9.94. The fourth-order valence-electron chi connectivity index (χ4n) is 1.58. The van der Waals surface area contributed by atoms with E-state index in [4.69, 9.17) is 10.2 Å².